The Balaban J connectivity index is 1.75. The van der Waals surface area contributed by atoms with Crippen molar-refractivity contribution in [3.8, 4) is 0 Å². The van der Waals surface area contributed by atoms with Crippen LogP contribution in [-0.2, 0) is 19.4 Å². The SMILES string of the molecule is CNC(=O)CS(=O)(=O)C1CCN(C(=O)CCC2CCCCC2)CC1. The van der Waals surface area contributed by atoms with Gasteiger partial charge in [0.15, 0.2) is 9.84 Å². The molecule has 2 fully saturated rings. The van der Waals surface area contributed by atoms with Gasteiger partial charge in [-0.15, -0.1) is 0 Å². The molecule has 6 nitrogen and oxygen atoms in total. The number of rotatable bonds is 6. The van der Waals surface area contributed by atoms with Crippen LogP contribution in [0, 0.1) is 5.92 Å². The fraction of sp³-hybridized carbons (Fsp3) is 0.882. The molecule has 1 aliphatic carbocycles. The fourth-order valence-electron chi connectivity index (χ4n) is 3.80. The highest BCUT2D eigenvalue weighted by atomic mass is 32.2. The molecule has 7 heteroatoms. The number of likely N-dealkylation sites (tertiary alicyclic amines) is 1. The summed E-state index contributed by atoms with van der Waals surface area (Å²) in [6, 6.07) is 0. The van der Waals surface area contributed by atoms with Crippen molar-refractivity contribution in [1.29, 1.82) is 0 Å². The van der Waals surface area contributed by atoms with Crippen LogP contribution in [0.3, 0.4) is 0 Å². The minimum Gasteiger partial charge on any atom is -0.358 e. The number of hydrogen-bond donors (Lipinski definition) is 1. The van der Waals surface area contributed by atoms with Crippen LogP contribution in [0.2, 0.25) is 0 Å². The Hall–Kier alpha value is -1.11. The summed E-state index contributed by atoms with van der Waals surface area (Å²) in [5.74, 6) is -0.0825. The summed E-state index contributed by atoms with van der Waals surface area (Å²) in [4.78, 5) is 25.5. The van der Waals surface area contributed by atoms with Crippen LogP contribution in [0.25, 0.3) is 0 Å². The van der Waals surface area contributed by atoms with Gasteiger partial charge in [-0.1, -0.05) is 32.1 Å². The molecular formula is C17H30N2O4S. The Bertz CT molecular complexity index is 533. The molecule has 138 valence electrons. The van der Waals surface area contributed by atoms with Gasteiger partial charge in [0, 0.05) is 26.6 Å². The normalized spacial score (nSPS) is 20.8. The zero-order valence-electron chi connectivity index (χ0n) is 14.6. The Morgan fingerprint density at radius 1 is 1.04 bits per heavy atom. The monoisotopic (exact) mass is 358 g/mol. The molecule has 2 rings (SSSR count). The maximum absolute atomic E-state index is 12.3. The molecule has 0 spiro atoms. The third-order valence-corrected chi connectivity index (χ3v) is 7.56. The zero-order valence-corrected chi connectivity index (χ0v) is 15.4. The van der Waals surface area contributed by atoms with Crippen LogP contribution in [-0.4, -0.2) is 56.3 Å². The second kappa shape index (κ2) is 8.83. The van der Waals surface area contributed by atoms with Crippen molar-refractivity contribution in [1.82, 2.24) is 10.2 Å². The number of nitrogens with zero attached hydrogens (tertiary/aromatic N) is 1. The predicted octanol–water partition coefficient (Wildman–Crippen LogP) is 1.50. The van der Waals surface area contributed by atoms with Gasteiger partial charge in [0.1, 0.15) is 5.75 Å². The Labute approximate surface area is 145 Å². The third kappa shape index (κ3) is 5.46. The van der Waals surface area contributed by atoms with Crippen LogP contribution in [0.1, 0.15) is 57.8 Å². The number of carbonyl (C=O) groups excluding carboxylic acids is 2. The number of sulfone groups is 1. The lowest BCUT2D eigenvalue weighted by Crippen LogP contribution is -2.44. The van der Waals surface area contributed by atoms with Gasteiger partial charge in [0.2, 0.25) is 11.8 Å². The average molecular weight is 359 g/mol. The number of carbonyl (C=O) groups is 2. The van der Waals surface area contributed by atoms with Gasteiger partial charge in [-0.25, -0.2) is 8.42 Å². The van der Waals surface area contributed by atoms with E-state index in [-0.39, 0.29) is 5.91 Å². The largest absolute Gasteiger partial charge is 0.358 e. The van der Waals surface area contributed by atoms with Gasteiger partial charge in [0.05, 0.1) is 5.25 Å². The Morgan fingerprint density at radius 3 is 2.25 bits per heavy atom. The molecule has 0 radical (unpaired) electrons. The van der Waals surface area contributed by atoms with Crippen molar-refractivity contribution in [2.45, 2.75) is 63.0 Å². The second-order valence-electron chi connectivity index (χ2n) is 7.10. The topological polar surface area (TPSA) is 83.6 Å². The van der Waals surface area contributed by atoms with E-state index in [0.717, 1.165) is 6.42 Å². The zero-order chi connectivity index (χ0) is 17.6. The van der Waals surface area contributed by atoms with E-state index in [9.17, 15) is 18.0 Å². The van der Waals surface area contributed by atoms with Crippen LogP contribution < -0.4 is 5.32 Å². The highest BCUT2D eigenvalue weighted by Gasteiger charge is 2.32. The standard InChI is InChI=1S/C17H30N2O4S/c1-18-16(20)13-24(22,23)15-9-11-19(12-10-15)17(21)8-7-14-5-3-2-4-6-14/h14-15H,2-13H2,1H3,(H,18,20). The van der Waals surface area contributed by atoms with Gasteiger partial charge in [0.25, 0.3) is 0 Å². The van der Waals surface area contributed by atoms with Crippen LogP contribution in [0.5, 0.6) is 0 Å². The molecule has 2 aliphatic rings. The van der Waals surface area contributed by atoms with E-state index < -0.39 is 26.7 Å². The second-order valence-corrected chi connectivity index (χ2v) is 9.38. The Morgan fingerprint density at radius 2 is 1.67 bits per heavy atom. The highest BCUT2D eigenvalue weighted by Crippen LogP contribution is 2.28. The first-order valence-electron chi connectivity index (χ1n) is 9.12. The summed E-state index contributed by atoms with van der Waals surface area (Å²) in [6.07, 6.45) is 8.81. The van der Waals surface area contributed by atoms with E-state index >= 15 is 0 Å². The first-order chi connectivity index (χ1) is 11.4. The van der Waals surface area contributed by atoms with E-state index in [1.54, 1.807) is 4.90 Å². The summed E-state index contributed by atoms with van der Waals surface area (Å²) in [5, 5.41) is 1.85. The maximum Gasteiger partial charge on any atom is 0.234 e. The molecular weight excluding hydrogens is 328 g/mol. The molecule has 24 heavy (non-hydrogen) atoms. The molecule has 1 saturated carbocycles. The van der Waals surface area contributed by atoms with E-state index in [2.05, 4.69) is 5.32 Å². The summed E-state index contributed by atoms with van der Waals surface area (Å²) in [5.41, 5.74) is 0. The molecule has 0 aromatic carbocycles. The van der Waals surface area contributed by atoms with Gasteiger partial charge in [-0.2, -0.15) is 0 Å². The highest BCUT2D eigenvalue weighted by molar-refractivity contribution is 7.92. The van der Waals surface area contributed by atoms with Crippen LogP contribution in [0.15, 0.2) is 0 Å². The molecule has 0 aromatic heterocycles. The molecule has 0 bridgehead atoms. The van der Waals surface area contributed by atoms with Crippen molar-refractivity contribution in [2.75, 3.05) is 25.9 Å². The first kappa shape index (κ1) is 19.2. The van der Waals surface area contributed by atoms with Crippen molar-refractivity contribution in [3.63, 3.8) is 0 Å². The van der Waals surface area contributed by atoms with E-state index in [4.69, 9.17) is 0 Å². The van der Waals surface area contributed by atoms with Crippen LogP contribution >= 0.6 is 0 Å². The van der Waals surface area contributed by atoms with Crippen LogP contribution in [0.4, 0.5) is 0 Å². The first-order valence-corrected chi connectivity index (χ1v) is 10.8. The quantitative estimate of drug-likeness (QED) is 0.780. The molecule has 1 heterocycles. The lowest BCUT2D eigenvalue weighted by atomic mass is 9.86. The van der Waals surface area contributed by atoms with E-state index in [1.165, 1.54) is 39.2 Å². The molecule has 1 saturated heterocycles. The molecule has 0 atom stereocenters. The molecule has 0 aromatic rings. The summed E-state index contributed by atoms with van der Waals surface area (Å²) in [6.45, 7) is 0.974. The average Bonchev–Trinajstić information content (AvgIpc) is 2.60. The lowest BCUT2D eigenvalue weighted by molar-refractivity contribution is -0.132. The predicted molar refractivity (Wildman–Crippen MR) is 93.3 cm³/mol. The van der Waals surface area contributed by atoms with Gasteiger partial charge < -0.3 is 10.2 Å². The third-order valence-electron chi connectivity index (χ3n) is 5.40. The molecule has 1 N–H and O–H groups in total. The molecule has 2 amide bonds. The maximum atomic E-state index is 12.3. The van der Waals surface area contributed by atoms with Gasteiger partial charge in [-0.05, 0) is 25.2 Å². The minimum atomic E-state index is -3.42. The number of piperidine rings is 1. The number of nitrogens with one attached hydrogen (secondary N) is 1. The lowest BCUT2D eigenvalue weighted by Gasteiger charge is -2.32. The number of amides is 2. The van der Waals surface area contributed by atoms with Gasteiger partial charge in [-0.3, -0.25) is 9.59 Å². The van der Waals surface area contributed by atoms with Crippen molar-refractivity contribution >= 4 is 21.7 Å². The van der Waals surface area contributed by atoms with Crippen molar-refractivity contribution in [3.05, 3.63) is 0 Å². The smallest absolute Gasteiger partial charge is 0.234 e. The summed E-state index contributed by atoms with van der Waals surface area (Å²) < 4.78 is 24.4. The summed E-state index contributed by atoms with van der Waals surface area (Å²) >= 11 is 0. The minimum absolute atomic E-state index is 0.155. The van der Waals surface area contributed by atoms with Crippen molar-refractivity contribution < 1.29 is 18.0 Å². The van der Waals surface area contributed by atoms with E-state index in [0.29, 0.717) is 38.3 Å². The van der Waals surface area contributed by atoms with E-state index in [1.807, 2.05) is 0 Å². The Kier molecular flexibility index (Phi) is 7.07. The number of hydrogen-bond acceptors (Lipinski definition) is 4. The van der Waals surface area contributed by atoms with Gasteiger partial charge >= 0.3 is 0 Å². The summed E-state index contributed by atoms with van der Waals surface area (Å²) in [7, 11) is -1.99. The van der Waals surface area contributed by atoms with Crippen molar-refractivity contribution in [2.24, 2.45) is 5.92 Å². The molecule has 0 unspecified atom stereocenters. The molecule has 1 aliphatic heterocycles. The fourth-order valence-corrected chi connectivity index (χ4v) is 5.47.